The molecule has 0 radical (unpaired) electrons. The molecule has 0 aliphatic carbocycles. The third-order valence-electron chi connectivity index (χ3n) is 4.70. The average molecular weight is 334 g/mol. The summed E-state index contributed by atoms with van der Waals surface area (Å²) in [5.41, 5.74) is -0.476. The molecule has 1 aromatic rings. The molecule has 2 aliphatic rings. The monoisotopic (exact) mass is 334 g/mol. The summed E-state index contributed by atoms with van der Waals surface area (Å²) in [4.78, 5) is 38.1. The van der Waals surface area contributed by atoms with Crippen LogP contribution < -0.4 is 4.90 Å². The summed E-state index contributed by atoms with van der Waals surface area (Å²) in [5.74, 6) is -1.89. The molecule has 2 amide bonds. The molecule has 1 unspecified atom stereocenters. The van der Waals surface area contributed by atoms with E-state index in [1.54, 1.807) is 4.90 Å². The summed E-state index contributed by atoms with van der Waals surface area (Å²) in [6, 6.07) is 7.57. The van der Waals surface area contributed by atoms with Crippen LogP contribution in [0.5, 0.6) is 0 Å². The number of carboxylic acid groups (broad SMARTS) is 1. The Morgan fingerprint density at radius 2 is 2.00 bits per heavy atom. The van der Waals surface area contributed by atoms with Gasteiger partial charge in [0.05, 0.1) is 6.54 Å². The molecule has 0 aromatic heterocycles. The Kier molecular flexibility index (Phi) is 4.26. The maximum Gasteiger partial charge on any atom is 0.343 e. The Morgan fingerprint density at radius 1 is 1.25 bits per heavy atom. The van der Waals surface area contributed by atoms with Crippen molar-refractivity contribution in [1.82, 2.24) is 4.90 Å². The zero-order chi connectivity index (χ0) is 17.3. The number of hydrogen-bond acceptors (Lipinski definition) is 3. The Morgan fingerprint density at radius 3 is 2.71 bits per heavy atom. The summed E-state index contributed by atoms with van der Waals surface area (Å²) in [7, 11) is 0. The van der Waals surface area contributed by atoms with Crippen molar-refractivity contribution in [1.29, 1.82) is 0 Å². The minimum absolute atomic E-state index is 0.0340. The van der Waals surface area contributed by atoms with Crippen LogP contribution in [0.2, 0.25) is 0 Å². The van der Waals surface area contributed by atoms with Gasteiger partial charge in [-0.2, -0.15) is 0 Å². The maximum absolute atomic E-state index is 14.0. The van der Waals surface area contributed by atoms with Crippen molar-refractivity contribution in [2.75, 3.05) is 24.5 Å². The van der Waals surface area contributed by atoms with Crippen molar-refractivity contribution in [3.8, 4) is 0 Å². The number of rotatable bonds is 4. The van der Waals surface area contributed by atoms with Crippen LogP contribution in [0.1, 0.15) is 24.8 Å². The molecule has 1 saturated heterocycles. The van der Waals surface area contributed by atoms with E-state index in [-0.39, 0.29) is 37.7 Å². The van der Waals surface area contributed by atoms with Gasteiger partial charge in [0.2, 0.25) is 17.5 Å². The fourth-order valence-electron chi connectivity index (χ4n) is 3.27. The standard InChI is InChI=1S/C17H19FN2O4/c18-17(16(23)24)8-10-19(11-17)14(21)7-9-20-13-4-2-1-3-12(13)5-6-15(20)22/h1-4H,5-11H2,(H,23,24). The van der Waals surface area contributed by atoms with Gasteiger partial charge in [-0.15, -0.1) is 0 Å². The SMILES string of the molecule is O=C(CCN1C(=O)CCc2ccccc21)N1CCC(F)(C(=O)O)C1. The number of benzene rings is 1. The van der Waals surface area contributed by atoms with E-state index < -0.39 is 18.2 Å². The van der Waals surface area contributed by atoms with Gasteiger partial charge < -0.3 is 14.9 Å². The predicted octanol–water partition coefficient (Wildman–Crippen LogP) is 1.38. The summed E-state index contributed by atoms with van der Waals surface area (Å²) in [6.07, 6.45) is 0.950. The second-order valence-electron chi connectivity index (χ2n) is 6.26. The molecule has 1 aromatic carbocycles. The Labute approximate surface area is 138 Å². The molecule has 0 spiro atoms. The molecule has 1 N–H and O–H groups in total. The van der Waals surface area contributed by atoms with Gasteiger partial charge in [0.1, 0.15) is 0 Å². The number of carboxylic acids is 1. The average Bonchev–Trinajstić information content (AvgIpc) is 2.98. The van der Waals surface area contributed by atoms with Gasteiger partial charge in [0.25, 0.3) is 0 Å². The van der Waals surface area contributed by atoms with E-state index in [2.05, 4.69) is 0 Å². The van der Waals surface area contributed by atoms with Gasteiger partial charge in [-0.3, -0.25) is 9.59 Å². The Bertz CT molecular complexity index is 693. The molecule has 0 bridgehead atoms. The topological polar surface area (TPSA) is 77.9 Å². The van der Waals surface area contributed by atoms with E-state index in [1.807, 2.05) is 24.3 Å². The number of aryl methyl sites for hydroxylation is 1. The second-order valence-corrected chi connectivity index (χ2v) is 6.26. The number of hydrogen-bond donors (Lipinski definition) is 1. The van der Waals surface area contributed by atoms with Gasteiger partial charge in [0, 0.05) is 38.0 Å². The number of anilines is 1. The quantitative estimate of drug-likeness (QED) is 0.902. The largest absolute Gasteiger partial charge is 0.479 e. The van der Waals surface area contributed by atoms with Crippen LogP contribution in [-0.2, 0) is 20.8 Å². The van der Waals surface area contributed by atoms with Gasteiger partial charge in [0.15, 0.2) is 0 Å². The number of para-hydroxylation sites is 1. The van der Waals surface area contributed by atoms with E-state index in [4.69, 9.17) is 5.11 Å². The highest BCUT2D eigenvalue weighted by atomic mass is 19.1. The van der Waals surface area contributed by atoms with Crippen molar-refractivity contribution >= 4 is 23.5 Å². The van der Waals surface area contributed by atoms with E-state index in [0.717, 1.165) is 11.3 Å². The molecule has 128 valence electrons. The molecule has 1 atom stereocenters. The van der Waals surface area contributed by atoms with Crippen LogP contribution in [0, 0.1) is 0 Å². The molecule has 2 heterocycles. The van der Waals surface area contributed by atoms with Crippen molar-refractivity contribution in [2.24, 2.45) is 0 Å². The fourth-order valence-corrected chi connectivity index (χ4v) is 3.27. The van der Waals surface area contributed by atoms with E-state index >= 15 is 0 Å². The normalized spacial score (nSPS) is 23.3. The molecule has 24 heavy (non-hydrogen) atoms. The number of amides is 2. The lowest BCUT2D eigenvalue weighted by molar-refractivity contribution is -0.150. The first-order chi connectivity index (χ1) is 11.4. The van der Waals surface area contributed by atoms with Gasteiger partial charge >= 0.3 is 5.97 Å². The van der Waals surface area contributed by atoms with Gasteiger partial charge in [-0.1, -0.05) is 18.2 Å². The number of carbonyl (C=O) groups excluding carboxylic acids is 2. The number of halogens is 1. The maximum atomic E-state index is 14.0. The number of aliphatic carboxylic acids is 1. The summed E-state index contributed by atoms with van der Waals surface area (Å²) >= 11 is 0. The highest BCUT2D eigenvalue weighted by molar-refractivity contribution is 5.97. The van der Waals surface area contributed by atoms with Crippen LogP contribution in [-0.4, -0.2) is 53.1 Å². The molecule has 2 aliphatic heterocycles. The van der Waals surface area contributed by atoms with Crippen LogP contribution in [0.25, 0.3) is 0 Å². The number of likely N-dealkylation sites (tertiary alicyclic amines) is 1. The number of nitrogens with zero attached hydrogens (tertiary/aromatic N) is 2. The highest BCUT2D eigenvalue weighted by Gasteiger charge is 2.46. The van der Waals surface area contributed by atoms with Crippen molar-refractivity contribution in [3.63, 3.8) is 0 Å². The fraction of sp³-hybridized carbons (Fsp3) is 0.471. The van der Waals surface area contributed by atoms with Crippen LogP contribution in [0.15, 0.2) is 24.3 Å². The van der Waals surface area contributed by atoms with Crippen LogP contribution in [0.4, 0.5) is 10.1 Å². The number of alkyl halides is 1. The van der Waals surface area contributed by atoms with E-state index in [0.29, 0.717) is 12.8 Å². The Balaban J connectivity index is 1.63. The minimum atomic E-state index is -2.36. The van der Waals surface area contributed by atoms with Crippen molar-refractivity contribution < 1.29 is 23.9 Å². The first-order valence-electron chi connectivity index (χ1n) is 7.99. The second kappa shape index (κ2) is 6.22. The third kappa shape index (κ3) is 2.98. The first kappa shape index (κ1) is 16.4. The molecule has 7 heteroatoms. The third-order valence-corrected chi connectivity index (χ3v) is 4.70. The lowest BCUT2D eigenvalue weighted by Gasteiger charge is -2.29. The van der Waals surface area contributed by atoms with Crippen molar-refractivity contribution in [2.45, 2.75) is 31.4 Å². The van der Waals surface area contributed by atoms with Gasteiger partial charge in [-0.05, 0) is 18.1 Å². The number of carbonyl (C=O) groups is 3. The molecular formula is C17H19FN2O4. The van der Waals surface area contributed by atoms with Gasteiger partial charge in [-0.25, -0.2) is 9.18 Å². The van der Waals surface area contributed by atoms with E-state index in [1.165, 1.54) is 4.90 Å². The smallest absolute Gasteiger partial charge is 0.343 e. The molecule has 1 fully saturated rings. The Hall–Kier alpha value is -2.44. The predicted molar refractivity (Wildman–Crippen MR) is 84.4 cm³/mol. The molecule has 0 saturated carbocycles. The van der Waals surface area contributed by atoms with Crippen molar-refractivity contribution in [3.05, 3.63) is 29.8 Å². The molecule has 3 rings (SSSR count). The van der Waals surface area contributed by atoms with Crippen LogP contribution in [0.3, 0.4) is 0 Å². The molecular weight excluding hydrogens is 315 g/mol. The lowest BCUT2D eigenvalue weighted by atomic mass is 10.0. The summed E-state index contributed by atoms with van der Waals surface area (Å²) in [6.45, 7) is -0.116. The molecule has 6 nitrogen and oxygen atoms in total. The lowest BCUT2D eigenvalue weighted by Crippen LogP contribution is -2.41. The zero-order valence-electron chi connectivity index (χ0n) is 13.2. The minimum Gasteiger partial charge on any atom is -0.479 e. The van der Waals surface area contributed by atoms with E-state index in [9.17, 15) is 18.8 Å². The number of fused-ring (bicyclic) bond motifs is 1. The summed E-state index contributed by atoms with van der Waals surface area (Å²) < 4.78 is 14.0. The first-order valence-corrected chi connectivity index (χ1v) is 7.99. The zero-order valence-corrected chi connectivity index (χ0v) is 13.2. The summed E-state index contributed by atoms with van der Waals surface area (Å²) in [5, 5.41) is 8.88. The van der Waals surface area contributed by atoms with Crippen LogP contribution >= 0.6 is 0 Å². The highest BCUT2D eigenvalue weighted by Crippen LogP contribution is 2.29.